The summed E-state index contributed by atoms with van der Waals surface area (Å²) in [5, 5.41) is 8.79. The molecule has 92 valence electrons. The topological polar surface area (TPSA) is 37.3 Å². The summed E-state index contributed by atoms with van der Waals surface area (Å²) in [5.41, 5.74) is 5.98. The lowest BCUT2D eigenvalue weighted by atomic mass is 10.0. The maximum absolute atomic E-state index is 10.7. The largest absolute Gasteiger partial charge is 0.481 e. The van der Waals surface area contributed by atoms with Gasteiger partial charge >= 0.3 is 5.97 Å². The summed E-state index contributed by atoms with van der Waals surface area (Å²) in [5.74, 6) is -0.777. The highest BCUT2D eigenvalue weighted by Gasteiger charge is 2.17. The summed E-state index contributed by atoms with van der Waals surface area (Å²) < 4.78 is 0. The standard InChI is InChI=1S/C15H12O2.CH4/c16-15(17)8-10-5-6-14-12(7-10)9-11-3-1-2-4-13(11)14;/h1-7H,8-9H2,(H,16,17);1H4. The van der Waals surface area contributed by atoms with Crippen molar-refractivity contribution in [2.24, 2.45) is 0 Å². The van der Waals surface area contributed by atoms with Crippen LogP contribution in [0.25, 0.3) is 11.1 Å². The van der Waals surface area contributed by atoms with Gasteiger partial charge in [0.2, 0.25) is 0 Å². The van der Waals surface area contributed by atoms with E-state index in [1.54, 1.807) is 0 Å². The summed E-state index contributed by atoms with van der Waals surface area (Å²) in [6.45, 7) is 0. The zero-order valence-electron chi connectivity index (χ0n) is 9.31. The number of hydrogen-bond acceptors (Lipinski definition) is 1. The van der Waals surface area contributed by atoms with Gasteiger partial charge in [-0.25, -0.2) is 0 Å². The van der Waals surface area contributed by atoms with Gasteiger partial charge in [0.05, 0.1) is 6.42 Å². The summed E-state index contributed by atoms with van der Waals surface area (Å²) in [4.78, 5) is 10.7. The summed E-state index contributed by atoms with van der Waals surface area (Å²) >= 11 is 0. The number of benzene rings is 2. The fraction of sp³-hybridized carbons (Fsp3) is 0.188. The van der Waals surface area contributed by atoms with Crippen LogP contribution in [0.1, 0.15) is 24.1 Å². The first-order chi connectivity index (χ1) is 8.24. The molecule has 2 heteroatoms. The average Bonchev–Trinajstić information content (AvgIpc) is 2.65. The highest BCUT2D eigenvalue weighted by molar-refractivity contribution is 5.78. The van der Waals surface area contributed by atoms with E-state index in [-0.39, 0.29) is 13.8 Å². The third-order valence-corrected chi connectivity index (χ3v) is 3.21. The number of carboxylic acid groups (broad SMARTS) is 1. The SMILES string of the molecule is C.O=C(O)Cc1ccc2c(c1)Cc1ccccc1-2. The molecule has 0 spiro atoms. The molecule has 18 heavy (non-hydrogen) atoms. The van der Waals surface area contributed by atoms with Gasteiger partial charge in [0.15, 0.2) is 0 Å². The van der Waals surface area contributed by atoms with E-state index in [9.17, 15) is 4.79 Å². The summed E-state index contributed by atoms with van der Waals surface area (Å²) in [7, 11) is 0. The van der Waals surface area contributed by atoms with Gasteiger partial charge < -0.3 is 5.11 Å². The fourth-order valence-electron chi connectivity index (χ4n) is 2.48. The molecule has 0 aromatic heterocycles. The van der Waals surface area contributed by atoms with E-state index < -0.39 is 5.97 Å². The molecule has 2 aromatic rings. The maximum atomic E-state index is 10.7. The zero-order chi connectivity index (χ0) is 11.8. The van der Waals surface area contributed by atoms with Crippen LogP contribution in [-0.4, -0.2) is 11.1 Å². The van der Waals surface area contributed by atoms with Crippen LogP contribution in [0.2, 0.25) is 0 Å². The van der Waals surface area contributed by atoms with Crippen molar-refractivity contribution in [3.05, 3.63) is 59.2 Å². The number of rotatable bonds is 2. The Labute approximate surface area is 107 Å². The number of aliphatic carboxylic acids is 1. The average molecular weight is 240 g/mol. The van der Waals surface area contributed by atoms with Crippen molar-refractivity contribution in [2.45, 2.75) is 20.3 Å². The molecule has 0 unspecified atom stereocenters. The lowest BCUT2D eigenvalue weighted by Gasteiger charge is -2.03. The van der Waals surface area contributed by atoms with Crippen molar-refractivity contribution in [1.82, 2.24) is 0 Å². The second-order valence-electron chi connectivity index (χ2n) is 4.40. The minimum absolute atomic E-state index is 0. The minimum atomic E-state index is -0.777. The Kier molecular flexibility index (Phi) is 3.19. The predicted molar refractivity (Wildman–Crippen MR) is 72.8 cm³/mol. The van der Waals surface area contributed by atoms with Crippen LogP contribution in [0, 0.1) is 0 Å². The molecule has 0 atom stereocenters. The number of carboxylic acids is 1. The smallest absolute Gasteiger partial charge is 0.307 e. The van der Waals surface area contributed by atoms with Crippen LogP contribution < -0.4 is 0 Å². The number of carbonyl (C=O) groups is 1. The molecule has 0 aliphatic heterocycles. The molecule has 2 nitrogen and oxygen atoms in total. The van der Waals surface area contributed by atoms with E-state index in [4.69, 9.17) is 5.11 Å². The van der Waals surface area contributed by atoms with Crippen LogP contribution in [0.15, 0.2) is 42.5 Å². The first-order valence-electron chi connectivity index (χ1n) is 5.66. The van der Waals surface area contributed by atoms with Gasteiger partial charge in [-0.05, 0) is 34.2 Å². The van der Waals surface area contributed by atoms with E-state index in [0.717, 1.165) is 12.0 Å². The molecule has 0 amide bonds. The van der Waals surface area contributed by atoms with Gasteiger partial charge in [-0.15, -0.1) is 0 Å². The minimum Gasteiger partial charge on any atom is -0.481 e. The molecule has 2 aromatic carbocycles. The van der Waals surface area contributed by atoms with Crippen molar-refractivity contribution >= 4 is 5.97 Å². The molecule has 0 bridgehead atoms. The van der Waals surface area contributed by atoms with Gasteiger partial charge in [0.25, 0.3) is 0 Å². The summed E-state index contributed by atoms with van der Waals surface area (Å²) in [6, 6.07) is 14.3. The van der Waals surface area contributed by atoms with Gasteiger partial charge in [-0.3, -0.25) is 4.79 Å². The second-order valence-corrected chi connectivity index (χ2v) is 4.40. The second kappa shape index (κ2) is 4.65. The van der Waals surface area contributed by atoms with Crippen LogP contribution in [-0.2, 0) is 17.6 Å². The molecule has 1 aliphatic carbocycles. The van der Waals surface area contributed by atoms with Crippen molar-refractivity contribution in [1.29, 1.82) is 0 Å². The zero-order valence-corrected chi connectivity index (χ0v) is 9.31. The Morgan fingerprint density at radius 3 is 2.56 bits per heavy atom. The lowest BCUT2D eigenvalue weighted by Crippen LogP contribution is -2.00. The van der Waals surface area contributed by atoms with E-state index >= 15 is 0 Å². The Morgan fingerprint density at radius 1 is 1.06 bits per heavy atom. The maximum Gasteiger partial charge on any atom is 0.307 e. The van der Waals surface area contributed by atoms with Gasteiger partial charge in [-0.2, -0.15) is 0 Å². The molecule has 0 radical (unpaired) electrons. The van der Waals surface area contributed by atoms with Crippen molar-refractivity contribution in [3.63, 3.8) is 0 Å². The first-order valence-corrected chi connectivity index (χ1v) is 5.66. The van der Waals surface area contributed by atoms with Gasteiger partial charge in [0, 0.05) is 0 Å². The molecular weight excluding hydrogens is 224 g/mol. The van der Waals surface area contributed by atoms with E-state index in [2.05, 4.69) is 12.1 Å². The first kappa shape index (κ1) is 12.4. The third-order valence-electron chi connectivity index (χ3n) is 3.21. The molecule has 1 N–H and O–H groups in total. The monoisotopic (exact) mass is 240 g/mol. The molecule has 0 saturated heterocycles. The Bertz CT molecular complexity index is 600. The Hall–Kier alpha value is -2.09. The molecule has 0 fully saturated rings. The molecule has 0 saturated carbocycles. The van der Waals surface area contributed by atoms with Gasteiger partial charge in [0.1, 0.15) is 0 Å². The van der Waals surface area contributed by atoms with Crippen LogP contribution in [0.3, 0.4) is 0 Å². The van der Waals surface area contributed by atoms with Crippen LogP contribution >= 0.6 is 0 Å². The fourth-order valence-corrected chi connectivity index (χ4v) is 2.48. The third kappa shape index (κ3) is 2.02. The highest BCUT2D eigenvalue weighted by Crippen LogP contribution is 2.36. The normalized spacial score (nSPS) is 11.3. The lowest BCUT2D eigenvalue weighted by molar-refractivity contribution is -0.136. The highest BCUT2D eigenvalue weighted by atomic mass is 16.4. The van der Waals surface area contributed by atoms with E-state index in [1.165, 1.54) is 22.3 Å². The molecular formula is C16H16O2. The molecule has 3 rings (SSSR count). The van der Waals surface area contributed by atoms with Crippen LogP contribution in [0.5, 0.6) is 0 Å². The molecule has 0 heterocycles. The van der Waals surface area contributed by atoms with Crippen molar-refractivity contribution < 1.29 is 9.90 Å². The van der Waals surface area contributed by atoms with E-state index in [0.29, 0.717) is 0 Å². The number of fused-ring (bicyclic) bond motifs is 3. The van der Waals surface area contributed by atoms with Crippen LogP contribution in [0.4, 0.5) is 0 Å². The van der Waals surface area contributed by atoms with Crippen molar-refractivity contribution in [3.8, 4) is 11.1 Å². The van der Waals surface area contributed by atoms with Crippen molar-refractivity contribution in [2.75, 3.05) is 0 Å². The van der Waals surface area contributed by atoms with Gasteiger partial charge in [-0.1, -0.05) is 49.9 Å². The predicted octanol–water partition coefficient (Wildman–Crippen LogP) is 3.52. The van der Waals surface area contributed by atoms with E-state index in [1.807, 2.05) is 30.3 Å². The quantitative estimate of drug-likeness (QED) is 0.744. The molecule has 1 aliphatic rings. The number of hydrogen-bond donors (Lipinski definition) is 1. The Balaban J connectivity index is 0.00000120. The Morgan fingerprint density at radius 2 is 1.78 bits per heavy atom. The summed E-state index contributed by atoms with van der Waals surface area (Å²) in [6.07, 6.45) is 1.02.